The number of carbonyl (C=O) groups excluding carboxylic acids is 1. The Bertz CT molecular complexity index is 483. The molecule has 1 aromatic rings. The lowest BCUT2D eigenvalue weighted by atomic mass is 10.1. The fraction of sp³-hybridized carbons (Fsp3) is 0.462. The van der Waals surface area contributed by atoms with Crippen molar-refractivity contribution in [1.82, 2.24) is 5.32 Å². The predicted molar refractivity (Wildman–Crippen MR) is 80.5 cm³/mol. The second kappa shape index (κ2) is 8.65. The van der Waals surface area contributed by atoms with Crippen LogP contribution in [0.4, 0.5) is 13.2 Å². The largest absolute Gasteiger partial charge is 0.417 e. The Balaban J connectivity index is 2.55. The molecule has 21 heavy (non-hydrogen) atoms. The third-order valence-corrected chi connectivity index (χ3v) is 4.27. The number of carbonyl (C=O) groups is 1. The number of aliphatic hydroxyl groups is 1. The Kier molecular flexibility index (Phi) is 7.55. The topological polar surface area (TPSA) is 49.3 Å². The Hall–Kier alpha value is -0.730. The van der Waals surface area contributed by atoms with Crippen LogP contribution in [0.25, 0.3) is 0 Å². The lowest BCUT2D eigenvalue weighted by Gasteiger charge is -2.11. The highest BCUT2D eigenvalue weighted by Crippen LogP contribution is 2.35. The van der Waals surface area contributed by atoms with Crippen LogP contribution in [0.15, 0.2) is 22.7 Å². The maximum absolute atomic E-state index is 12.7. The second-order valence-electron chi connectivity index (χ2n) is 4.14. The minimum atomic E-state index is -4.50. The molecule has 0 bridgehead atoms. The first-order valence-electron chi connectivity index (χ1n) is 6.20. The maximum atomic E-state index is 12.7. The molecule has 1 amide bonds. The van der Waals surface area contributed by atoms with Gasteiger partial charge in [0.2, 0.25) is 0 Å². The van der Waals surface area contributed by atoms with Crippen molar-refractivity contribution in [3.05, 3.63) is 33.8 Å². The summed E-state index contributed by atoms with van der Waals surface area (Å²) in [5.41, 5.74) is -0.890. The van der Waals surface area contributed by atoms with Gasteiger partial charge < -0.3 is 10.4 Å². The van der Waals surface area contributed by atoms with Gasteiger partial charge in [-0.25, -0.2) is 0 Å². The summed E-state index contributed by atoms with van der Waals surface area (Å²) in [7, 11) is 0. The van der Waals surface area contributed by atoms with Crippen LogP contribution in [0.2, 0.25) is 0 Å². The van der Waals surface area contributed by atoms with Gasteiger partial charge >= 0.3 is 6.18 Å². The highest BCUT2D eigenvalue weighted by molar-refractivity contribution is 9.10. The van der Waals surface area contributed by atoms with Crippen LogP contribution in [0.5, 0.6) is 0 Å². The van der Waals surface area contributed by atoms with Gasteiger partial charge in [-0.2, -0.15) is 24.9 Å². The number of rotatable bonds is 7. The van der Waals surface area contributed by atoms with Gasteiger partial charge in [0, 0.05) is 28.9 Å². The van der Waals surface area contributed by atoms with E-state index in [2.05, 4.69) is 21.2 Å². The Morgan fingerprint density at radius 3 is 2.67 bits per heavy atom. The molecule has 1 rings (SSSR count). The SMILES string of the molecule is O=C(NCCSCCCO)c1ccc(Br)c(C(F)(F)F)c1. The first kappa shape index (κ1) is 18.3. The fourth-order valence-electron chi connectivity index (χ4n) is 1.49. The van der Waals surface area contributed by atoms with Crippen LogP contribution in [-0.2, 0) is 6.18 Å². The average Bonchev–Trinajstić information content (AvgIpc) is 2.41. The van der Waals surface area contributed by atoms with Crippen molar-refractivity contribution in [2.75, 3.05) is 24.7 Å². The van der Waals surface area contributed by atoms with Gasteiger partial charge in [0.25, 0.3) is 5.91 Å². The number of hydrogen-bond acceptors (Lipinski definition) is 3. The van der Waals surface area contributed by atoms with Crippen LogP contribution in [0, 0.1) is 0 Å². The molecule has 0 aliphatic heterocycles. The molecule has 8 heteroatoms. The van der Waals surface area contributed by atoms with Crippen molar-refractivity contribution in [2.24, 2.45) is 0 Å². The molecular formula is C13H15BrF3NO2S. The van der Waals surface area contributed by atoms with E-state index in [1.165, 1.54) is 12.1 Å². The van der Waals surface area contributed by atoms with Gasteiger partial charge in [-0.3, -0.25) is 4.79 Å². The number of benzene rings is 1. The van der Waals surface area contributed by atoms with Crippen LogP contribution >= 0.6 is 27.7 Å². The summed E-state index contributed by atoms with van der Waals surface area (Å²) < 4.78 is 38.1. The van der Waals surface area contributed by atoms with Crippen LogP contribution in [0.3, 0.4) is 0 Å². The summed E-state index contributed by atoms with van der Waals surface area (Å²) >= 11 is 4.39. The van der Waals surface area contributed by atoms with Gasteiger partial charge in [0.05, 0.1) is 5.56 Å². The summed E-state index contributed by atoms with van der Waals surface area (Å²) in [5.74, 6) is 0.896. The molecule has 0 aromatic heterocycles. The molecule has 118 valence electrons. The molecule has 0 atom stereocenters. The monoisotopic (exact) mass is 385 g/mol. The summed E-state index contributed by atoms with van der Waals surface area (Å²) in [4.78, 5) is 11.8. The van der Waals surface area contributed by atoms with Gasteiger partial charge in [-0.15, -0.1) is 0 Å². The average molecular weight is 386 g/mol. The van der Waals surface area contributed by atoms with Crippen LogP contribution < -0.4 is 5.32 Å². The minimum Gasteiger partial charge on any atom is -0.396 e. The molecule has 3 nitrogen and oxygen atoms in total. The highest BCUT2D eigenvalue weighted by Gasteiger charge is 2.33. The molecule has 0 saturated carbocycles. The van der Waals surface area contributed by atoms with E-state index in [1.807, 2.05) is 0 Å². The molecular weight excluding hydrogens is 371 g/mol. The molecule has 0 unspecified atom stereocenters. The number of hydrogen-bond donors (Lipinski definition) is 2. The third-order valence-electron chi connectivity index (χ3n) is 2.51. The molecule has 0 radical (unpaired) electrons. The molecule has 0 spiro atoms. The van der Waals surface area contributed by atoms with E-state index in [4.69, 9.17) is 5.11 Å². The molecule has 0 aliphatic rings. The van der Waals surface area contributed by atoms with Gasteiger partial charge in [0.15, 0.2) is 0 Å². The van der Waals surface area contributed by atoms with Crippen molar-refractivity contribution in [1.29, 1.82) is 0 Å². The Morgan fingerprint density at radius 1 is 1.33 bits per heavy atom. The maximum Gasteiger partial charge on any atom is 0.417 e. The number of halogens is 4. The lowest BCUT2D eigenvalue weighted by Crippen LogP contribution is -2.26. The van der Waals surface area contributed by atoms with E-state index in [1.54, 1.807) is 11.8 Å². The van der Waals surface area contributed by atoms with E-state index >= 15 is 0 Å². The molecule has 0 saturated heterocycles. The smallest absolute Gasteiger partial charge is 0.396 e. The normalized spacial score (nSPS) is 11.5. The Morgan fingerprint density at radius 2 is 2.05 bits per heavy atom. The second-order valence-corrected chi connectivity index (χ2v) is 6.22. The van der Waals surface area contributed by atoms with Crippen molar-refractivity contribution < 1.29 is 23.1 Å². The van der Waals surface area contributed by atoms with Crippen LogP contribution in [-0.4, -0.2) is 35.7 Å². The van der Waals surface area contributed by atoms with Crippen molar-refractivity contribution in [3.63, 3.8) is 0 Å². The molecule has 2 N–H and O–H groups in total. The summed E-state index contributed by atoms with van der Waals surface area (Å²) in [6, 6.07) is 3.39. The van der Waals surface area contributed by atoms with Crippen molar-refractivity contribution in [3.8, 4) is 0 Å². The van der Waals surface area contributed by atoms with E-state index in [0.717, 1.165) is 11.8 Å². The summed E-state index contributed by atoms with van der Waals surface area (Å²) in [5, 5.41) is 11.2. The standard InChI is InChI=1S/C13H15BrF3NO2S/c14-11-3-2-9(8-10(11)13(15,16)17)12(20)18-4-7-21-6-1-5-19/h2-3,8,19H,1,4-7H2,(H,18,20). The van der Waals surface area contributed by atoms with Crippen molar-refractivity contribution >= 4 is 33.6 Å². The molecule has 0 aliphatic carbocycles. The van der Waals surface area contributed by atoms with E-state index in [9.17, 15) is 18.0 Å². The van der Waals surface area contributed by atoms with Crippen molar-refractivity contribution in [2.45, 2.75) is 12.6 Å². The van der Waals surface area contributed by atoms with Gasteiger partial charge in [-0.05, 0) is 30.4 Å². The highest BCUT2D eigenvalue weighted by atomic mass is 79.9. The van der Waals surface area contributed by atoms with E-state index in [-0.39, 0.29) is 16.6 Å². The predicted octanol–water partition coefficient (Wildman–Crippen LogP) is 3.31. The zero-order valence-corrected chi connectivity index (χ0v) is 13.4. The fourth-order valence-corrected chi connectivity index (χ4v) is 2.75. The number of nitrogens with one attached hydrogen (secondary N) is 1. The first-order valence-corrected chi connectivity index (χ1v) is 8.14. The van der Waals surface area contributed by atoms with Gasteiger partial charge in [0.1, 0.15) is 0 Å². The quantitative estimate of drug-likeness (QED) is 0.707. The number of amides is 1. The Labute approximate surface area is 133 Å². The van der Waals surface area contributed by atoms with Gasteiger partial charge in [-0.1, -0.05) is 15.9 Å². The zero-order chi connectivity index (χ0) is 15.9. The third kappa shape index (κ3) is 6.27. The summed E-state index contributed by atoms with van der Waals surface area (Å²) in [6.07, 6.45) is -3.82. The minimum absolute atomic E-state index is 0.0223. The summed E-state index contributed by atoms with van der Waals surface area (Å²) in [6.45, 7) is 0.491. The zero-order valence-electron chi connectivity index (χ0n) is 11.0. The van der Waals surface area contributed by atoms with E-state index < -0.39 is 17.6 Å². The molecule has 0 heterocycles. The molecule has 0 fully saturated rings. The first-order chi connectivity index (χ1) is 9.86. The number of thioether (sulfide) groups is 1. The lowest BCUT2D eigenvalue weighted by molar-refractivity contribution is -0.138. The van der Waals surface area contributed by atoms with E-state index in [0.29, 0.717) is 18.7 Å². The molecule has 1 aromatic carbocycles. The van der Waals surface area contributed by atoms with Crippen LogP contribution in [0.1, 0.15) is 22.3 Å². The number of alkyl halides is 3. The number of aliphatic hydroxyl groups excluding tert-OH is 1.